The van der Waals surface area contributed by atoms with Crippen LogP contribution in [0.15, 0.2) is 42.6 Å². The van der Waals surface area contributed by atoms with Crippen molar-refractivity contribution in [2.75, 3.05) is 31.2 Å². The van der Waals surface area contributed by atoms with Crippen molar-refractivity contribution in [1.29, 1.82) is 0 Å². The van der Waals surface area contributed by atoms with E-state index in [9.17, 15) is 0 Å². The first-order valence-electron chi connectivity index (χ1n) is 13.2. The van der Waals surface area contributed by atoms with Gasteiger partial charge in [-0.3, -0.25) is 4.98 Å². The van der Waals surface area contributed by atoms with Crippen molar-refractivity contribution in [3.05, 3.63) is 53.4 Å². The number of halogens is 2. The van der Waals surface area contributed by atoms with Crippen LogP contribution in [0.3, 0.4) is 0 Å². The average Bonchev–Trinajstić information content (AvgIpc) is 3.56. The molecule has 2 aromatic carbocycles. The summed E-state index contributed by atoms with van der Waals surface area (Å²) < 4.78 is 28.1. The maximum Gasteiger partial charge on any atom is 0.319 e. The lowest BCUT2D eigenvalue weighted by molar-refractivity contribution is 0.0647. The van der Waals surface area contributed by atoms with E-state index in [0.29, 0.717) is 40.2 Å². The zero-order chi connectivity index (χ0) is 24.9. The van der Waals surface area contributed by atoms with Gasteiger partial charge in [0.2, 0.25) is 0 Å². The topological polar surface area (TPSA) is 60.4 Å². The van der Waals surface area contributed by atoms with Gasteiger partial charge in [-0.15, -0.1) is 0 Å². The average molecular weight is 519 g/mol. The molecule has 37 heavy (non-hydrogen) atoms. The van der Waals surface area contributed by atoms with E-state index in [1.165, 1.54) is 19.3 Å². The molecule has 8 heteroatoms. The molecule has 2 bridgehead atoms. The minimum absolute atomic E-state index is 0.0178. The predicted molar refractivity (Wildman–Crippen MR) is 143 cm³/mol. The van der Waals surface area contributed by atoms with E-state index in [1.807, 2.05) is 36.4 Å². The van der Waals surface area contributed by atoms with E-state index >= 15 is 4.39 Å². The smallest absolute Gasteiger partial charge is 0.319 e. The number of piperidine rings is 1. The first-order chi connectivity index (χ1) is 18.1. The Balaban J connectivity index is 1.36. The number of aromatic nitrogens is 3. The summed E-state index contributed by atoms with van der Waals surface area (Å²) in [6.07, 6.45) is 7.44. The van der Waals surface area contributed by atoms with Crippen LogP contribution >= 0.6 is 11.6 Å². The normalized spacial score (nSPS) is 23.3. The Morgan fingerprint density at radius 2 is 1.86 bits per heavy atom. The van der Waals surface area contributed by atoms with Gasteiger partial charge in [0, 0.05) is 41.9 Å². The largest absolute Gasteiger partial charge is 0.461 e. The standard InChI is InChI=1S/C29H28ClFN4O2/c30-23-8-2-5-19-4-1-7-21(24(19)23)26-25(31)27-22(13-32-26)28(35-14-17-9-10-18(12-17)15-35)34-29(33-27)37-16-20-6-3-11-36-20/h1-2,4-5,7-8,13,17-18,20H,3,6,9-12,14-16H2/t17?,18?,20-/m1/s1. The number of fused-ring (bicyclic) bond motifs is 4. The molecule has 1 aliphatic carbocycles. The number of nitrogens with zero attached hydrogens (tertiary/aromatic N) is 4. The third-order valence-electron chi connectivity index (χ3n) is 8.08. The zero-order valence-electron chi connectivity index (χ0n) is 20.5. The van der Waals surface area contributed by atoms with Crippen LogP contribution in [0.2, 0.25) is 5.02 Å². The van der Waals surface area contributed by atoms with Crippen LogP contribution in [0.4, 0.5) is 10.2 Å². The Bertz CT molecular complexity index is 1480. The fourth-order valence-electron chi connectivity index (χ4n) is 6.33. The first kappa shape index (κ1) is 23.1. The van der Waals surface area contributed by atoms with Gasteiger partial charge in [0.1, 0.15) is 23.6 Å². The van der Waals surface area contributed by atoms with Gasteiger partial charge < -0.3 is 14.4 Å². The molecule has 0 spiro atoms. The lowest BCUT2D eigenvalue weighted by atomic mass is 9.98. The molecule has 0 radical (unpaired) electrons. The molecule has 3 atom stereocenters. The predicted octanol–water partition coefficient (Wildman–Crippen LogP) is 6.43. The Morgan fingerprint density at radius 1 is 1.05 bits per heavy atom. The van der Waals surface area contributed by atoms with Gasteiger partial charge in [-0.2, -0.15) is 9.97 Å². The second-order valence-electron chi connectivity index (χ2n) is 10.6. The van der Waals surface area contributed by atoms with Crippen molar-refractivity contribution in [1.82, 2.24) is 15.0 Å². The van der Waals surface area contributed by atoms with Gasteiger partial charge in [0.05, 0.1) is 11.5 Å². The summed E-state index contributed by atoms with van der Waals surface area (Å²) in [4.78, 5) is 16.3. The third kappa shape index (κ3) is 4.18. The number of pyridine rings is 1. The molecule has 0 amide bonds. The van der Waals surface area contributed by atoms with Crippen LogP contribution in [0, 0.1) is 17.7 Å². The summed E-state index contributed by atoms with van der Waals surface area (Å²) in [5.74, 6) is 1.51. The third-order valence-corrected chi connectivity index (χ3v) is 8.40. The van der Waals surface area contributed by atoms with Crippen molar-refractivity contribution < 1.29 is 13.9 Å². The highest BCUT2D eigenvalue weighted by molar-refractivity contribution is 6.36. The molecule has 0 N–H and O–H groups in total. The molecule has 2 aliphatic heterocycles. The van der Waals surface area contributed by atoms with Crippen molar-refractivity contribution >= 4 is 39.1 Å². The van der Waals surface area contributed by atoms with E-state index < -0.39 is 5.82 Å². The molecule has 7 rings (SSSR count). The summed E-state index contributed by atoms with van der Waals surface area (Å²) in [6.45, 7) is 2.92. The number of benzene rings is 2. The summed E-state index contributed by atoms with van der Waals surface area (Å²) >= 11 is 6.56. The second-order valence-corrected chi connectivity index (χ2v) is 11.0. The van der Waals surface area contributed by atoms with E-state index in [0.717, 1.165) is 43.3 Å². The van der Waals surface area contributed by atoms with E-state index in [1.54, 1.807) is 6.20 Å². The quantitative estimate of drug-likeness (QED) is 0.303. The van der Waals surface area contributed by atoms with Gasteiger partial charge in [0.15, 0.2) is 5.82 Å². The Kier molecular flexibility index (Phi) is 5.85. The zero-order valence-corrected chi connectivity index (χ0v) is 21.3. The molecule has 2 unspecified atom stereocenters. The number of rotatable bonds is 5. The molecule has 3 fully saturated rings. The number of hydrogen-bond acceptors (Lipinski definition) is 6. The van der Waals surface area contributed by atoms with Gasteiger partial charge in [-0.1, -0.05) is 41.9 Å². The highest BCUT2D eigenvalue weighted by atomic mass is 35.5. The van der Waals surface area contributed by atoms with Gasteiger partial charge in [-0.25, -0.2) is 4.39 Å². The SMILES string of the molecule is Fc1c(-c2cccc3cccc(Cl)c23)ncc2c(N3CC4CCC(C4)C3)nc(OC[C@H]3CCCO3)nc12. The lowest BCUT2D eigenvalue weighted by Gasteiger charge is -2.33. The molecule has 6 nitrogen and oxygen atoms in total. The van der Waals surface area contributed by atoms with E-state index in [2.05, 4.69) is 14.9 Å². The fraction of sp³-hybridized carbons (Fsp3) is 0.414. The van der Waals surface area contributed by atoms with Gasteiger partial charge in [0.25, 0.3) is 0 Å². The molecule has 190 valence electrons. The van der Waals surface area contributed by atoms with E-state index in [4.69, 9.17) is 26.1 Å². The summed E-state index contributed by atoms with van der Waals surface area (Å²) in [5, 5.41) is 2.87. The van der Waals surface area contributed by atoms with Crippen LogP contribution < -0.4 is 9.64 Å². The maximum absolute atomic E-state index is 16.4. The highest BCUT2D eigenvalue weighted by Gasteiger charge is 2.35. The fourth-order valence-corrected chi connectivity index (χ4v) is 6.62. The van der Waals surface area contributed by atoms with Crippen LogP contribution in [0.25, 0.3) is 32.9 Å². The monoisotopic (exact) mass is 518 g/mol. The number of ether oxygens (including phenoxy) is 2. The summed E-state index contributed by atoms with van der Waals surface area (Å²) in [6, 6.07) is 11.6. The van der Waals surface area contributed by atoms with E-state index in [-0.39, 0.29) is 23.3 Å². The maximum atomic E-state index is 16.4. The van der Waals surface area contributed by atoms with Crippen LogP contribution in [-0.4, -0.2) is 47.4 Å². The van der Waals surface area contributed by atoms with Gasteiger partial charge in [-0.05, 0) is 55.4 Å². The first-order valence-corrected chi connectivity index (χ1v) is 13.5. The Hall–Kier alpha value is -3.03. The number of hydrogen-bond donors (Lipinski definition) is 0. The molecule has 2 aromatic heterocycles. The molecule has 4 heterocycles. The molecule has 1 saturated carbocycles. The second kappa shape index (κ2) is 9.37. The van der Waals surface area contributed by atoms with Crippen LogP contribution in [0.5, 0.6) is 6.01 Å². The van der Waals surface area contributed by atoms with Crippen molar-refractivity contribution in [2.24, 2.45) is 11.8 Å². The number of anilines is 1. The Labute approximate surface area is 219 Å². The Morgan fingerprint density at radius 3 is 2.65 bits per heavy atom. The molecule has 2 saturated heterocycles. The van der Waals surface area contributed by atoms with Crippen LogP contribution in [-0.2, 0) is 4.74 Å². The molecular weight excluding hydrogens is 491 g/mol. The van der Waals surface area contributed by atoms with Crippen molar-refractivity contribution in [2.45, 2.75) is 38.2 Å². The summed E-state index contributed by atoms with van der Waals surface area (Å²) in [5.41, 5.74) is 1.08. The van der Waals surface area contributed by atoms with Crippen molar-refractivity contribution in [3.8, 4) is 17.3 Å². The van der Waals surface area contributed by atoms with Crippen LogP contribution in [0.1, 0.15) is 32.1 Å². The minimum atomic E-state index is -0.490. The summed E-state index contributed by atoms with van der Waals surface area (Å²) in [7, 11) is 0. The highest BCUT2D eigenvalue weighted by Crippen LogP contribution is 2.41. The minimum Gasteiger partial charge on any atom is -0.461 e. The van der Waals surface area contributed by atoms with Gasteiger partial charge >= 0.3 is 6.01 Å². The lowest BCUT2D eigenvalue weighted by Crippen LogP contribution is -2.37. The molecule has 4 aromatic rings. The molecular formula is C29H28ClFN4O2. The molecule has 3 aliphatic rings. The van der Waals surface area contributed by atoms with Crippen molar-refractivity contribution in [3.63, 3.8) is 0 Å².